The zero-order valence-electron chi connectivity index (χ0n) is 11.6. The number of carbonyl (C=O) groups excluding carboxylic acids is 1. The number of nitrogens with one attached hydrogen (secondary N) is 1. The highest BCUT2D eigenvalue weighted by molar-refractivity contribution is 6.34. The van der Waals surface area contributed by atoms with Crippen LogP contribution in [0, 0.1) is 16.0 Å². The van der Waals surface area contributed by atoms with Gasteiger partial charge in [0.1, 0.15) is 5.69 Å². The van der Waals surface area contributed by atoms with Crippen molar-refractivity contribution in [2.75, 3.05) is 19.0 Å². The van der Waals surface area contributed by atoms with Gasteiger partial charge >= 0.3 is 0 Å². The van der Waals surface area contributed by atoms with Crippen LogP contribution in [0.2, 0.25) is 5.02 Å². The van der Waals surface area contributed by atoms with E-state index in [1.807, 2.05) is 0 Å². The highest BCUT2D eigenvalue weighted by Crippen LogP contribution is 2.33. The van der Waals surface area contributed by atoms with Crippen molar-refractivity contribution in [2.24, 2.45) is 11.8 Å². The van der Waals surface area contributed by atoms with E-state index >= 15 is 0 Å². The van der Waals surface area contributed by atoms with E-state index in [0.29, 0.717) is 12.5 Å². The Morgan fingerprint density at radius 1 is 1.57 bits per heavy atom. The topological polar surface area (TPSA) is 102 Å². The molecule has 0 aliphatic heterocycles. The highest BCUT2D eigenvalue weighted by Gasteiger charge is 2.25. The number of carbonyl (C=O) groups is 1. The fraction of sp³-hybridized carbons (Fsp3) is 0.462. The molecular formula is C13H17ClN4O3. The van der Waals surface area contributed by atoms with Gasteiger partial charge < -0.3 is 10.3 Å². The number of anilines is 1. The van der Waals surface area contributed by atoms with Crippen LogP contribution < -0.4 is 11.3 Å². The van der Waals surface area contributed by atoms with Crippen LogP contribution in [0.3, 0.4) is 0 Å². The van der Waals surface area contributed by atoms with E-state index in [1.54, 1.807) is 11.9 Å². The number of rotatable bonds is 5. The number of nitrogens with two attached hydrogens (primary N) is 1. The molecule has 7 nitrogen and oxygen atoms in total. The summed E-state index contributed by atoms with van der Waals surface area (Å²) in [5.41, 5.74) is 2.07. The molecule has 1 aromatic carbocycles. The number of nitrogens with zero attached hydrogens (tertiary/aromatic N) is 2. The normalized spacial score (nSPS) is 14.4. The zero-order chi connectivity index (χ0) is 15.6. The summed E-state index contributed by atoms with van der Waals surface area (Å²) in [7, 11) is 1.69. The number of benzene rings is 1. The van der Waals surface area contributed by atoms with Gasteiger partial charge in [-0.2, -0.15) is 0 Å². The van der Waals surface area contributed by atoms with Gasteiger partial charge in [0.25, 0.3) is 11.6 Å². The fourth-order valence-electron chi connectivity index (χ4n) is 2.37. The first-order valence-electron chi connectivity index (χ1n) is 6.64. The third kappa shape index (κ3) is 3.25. The van der Waals surface area contributed by atoms with E-state index in [2.05, 4.69) is 5.43 Å². The first-order chi connectivity index (χ1) is 9.93. The average Bonchev–Trinajstić information content (AvgIpc) is 2.40. The van der Waals surface area contributed by atoms with Crippen molar-refractivity contribution >= 4 is 28.9 Å². The Bertz CT molecular complexity index is 575. The van der Waals surface area contributed by atoms with Gasteiger partial charge in [0.2, 0.25) is 0 Å². The first-order valence-corrected chi connectivity index (χ1v) is 7.01. The molecule has 0 radical (unpaired) electrons. The van der Waals surface area contributed by atoms with Gasteiger partial charge in [-0.05, 0) is 24.8 Å². The van der Waals surface area contributed by atoms with Crippen molar-refractivity contribution in [3.8, 4) is 0 Å². The maximum Gasteiger partial charge on any atom is 0.295 e. The third-order valence-electron chi connectivity index (χ3n) is 3.76. The standard InChI is InChI=1S/C13H17ClN4O3/c1-17(7-8-3-2-4-8)13(19)9-5-10(14)12(16-15)11(6-9)18(20)21/h5-6,8,16H,2-4,7,15H2,1H3. The van der Waals surface area contributed by atoms with Crippen molar-refractivity contribution in [2.45, 2.75) is 19.3 Å². The predicted molar refractivity (Wildman–Crippen MR) is 80.2 cm³/mol. The molecule has 0 heterocycles. The second-order valence-corrected chi connectivity index (χ2v) is 5.64. The lowest BCUT2D eigenvalue weighted by atomic mass is 9.85. The van der Waals surface area contributed by atoms with E-state index in [9.17, 15) is 14.9 Å². The lowest BCUT2D eigenvalue weighted by molar-refractivity contribution is -0.384. The minimum Gasteiger partial charge on any atom is -0.341 e. The summed E-state index contributed by atoms with van der Waals surface area (Å²) in [6.45, 7) is 0.654. The quantitative estimate of drug-likeness (QED) is 0.494. The second kappa shape index (κ2) is 6.28. The fourth-order valence-corrected chi connectivity index (χ4v) is 2.64. The number of halogens is 1. The van der Waals surface area contributed by atoms with Crippen molar-refractivity contribution in [1.29, 1.82) is 0 Å². The highest BCUT2D eigenvalue weighted by atomic mass is 35.5. The number of hydrazine groups is 1. The minimum atomic E-state index is -0.621. The third-order valence-corrected chi connectivity index (χ3v) is 4.06. The largest absolute Gasteiger partial charge is 0.341 e. The smallest absolute Gasteiger partial charge is 0.295 e. The second-order valence-electron chi connectivity index (χ2n) is 5.24. The molecule has 0 bridgehead atoms. The van der Waals surface area contributed by atoms with Crippen LogP contribution in [0.4, 0.5) is 11.4 Å². The lowest BCUT2D eigenvalue weighted by Gasteiger charge is -2.30. The summed E-state index contributed by atoms with van der Waals surface area (Å²) in [6.07, 6.45) is 3.43. The molecule has 0 saturated heterocycles. The Morgan fingerprint density at radius 2 is 2.24 bits per heavy atom. The molecule has 3 N–H and O–H groups in total. The van der Waals surface area contributed by atoms with Crippen molar-refractivity contribution in [1.82, 2.24) is 4.90 Å². The summed E-state index contributed by atoms with van der Waals surface area (Å²) >= 11 is 5.95. The van der Waals surface area contributed by atoms with Crippen molar-refractivity contribution in [3.63, 3.8) is 0 Å². The Balaban J connectivity index is 2.26. The number of hydrogen-bond donors (Lipinski definition) is 2. The van der Waals surface area contributed by atoms with Crippen LogP contribution in [0.1, 0.15) is 29.6 Å². The monoisotopic (exact) mass is 312 g/mol. The van der Waals surface area contributed by atoms with Gasteiger partial charge in [-0.15, -0.1) is 0 Å². The molecule has 1 amide bonds. The SMILES string of the molecule is CN(CC1CCC1)C(=O)c1cc(Cl)c(NN)c([N+](=O)[O-])c1. The van der Waals surface area contributed by atoms with Gasteiger partial charge in [-0.25, -0.2) is 0 Å². The molecule has 8 heteroatoms. The molecule has 114 valence electrons. The molecule has 0 atom stereocenters. The number of nitro groups is 1. The summed E-state index contributed by atoms with van der Waals surface area (Å²) in [5.74, 6) is 5.47. The van der Waals surface area contributed by atoms with Crippen molar-refractivity contribution < 1.29 is 9.72 Å². The number of hydrogen-bond acceptors (Lipinski definition) is 5. The van der Waals surface area contributed by atoms with Crippen molar-refractivity contribution in [3.05, 3.63) is 32.8 Å². The molecule has 1 fully saturated rings. The van der Waals surface area contributed by atoms with E-state index < -0.39 is 4.92 Å². The number of amides is 1. The van der Waals surface area contributed by atoms with Gasteiger partial charge in [-0.3, -0.25) is 20.8 Å². The average molecular weight is 313 g/mol. The number of nitro benzene ring substituents is 1. The van der Waals surface area contributed by atoms with E-state index in [0.717, 1.165) is 12.8 Å². The van der Waals surface area contributed by atoms with Crippen LogP contribution in [-0.4, -0.2) is 29.3 Å². The van der Waals surface area contributed by atoms with Gasteiger partial charge in [-0.1, -0.05) is 18.0 Å². The summed E-state index contributed by atoms with van der Waals surface area (Å²) in [4.78, 5) is 24.3. The van der Waals surface area contributed by atoms with Crippen LogP contribution in [0.5, 0.6) is 0 Å². The van der Waals surface area contributed by atoms with E-state index in [1.165, 1.54) is 18.6 Å². The Kier molecular flexibility index (Phi) is 4.64. The number of nitrogen functional groups attached to an aromatic ring is 1. The maximum absolute atomic E-state index is 12.3. The molecule has 1 aliphatic rings. The molecule has 0 aromatic heterocycles. The molecule has 2 rings (SSSR count). The molecule has 0 unspecified atom stereocenters. The zero-order valence-corrected chi connectivity index (χ0v) is 12.4. The van der Waals surface area contributed by atoms with Gasteiger partial charge in [0, 0.05) is 25.2 Å². The van der Waals surface area contributed by atoms with Crippen LogP contribution >= 0.6 is 11.6 Å². The Hall–Kier alpha value is -1.86. The molecule has 21 heavy (non-hydrogen) atoms. The molecule has 1 aliphatic carbocycles. The van der Waals surface area contributed by atoms with Crippen LogP contribution in [0.15, 0.2) is 12.1 Å². The Labute approximate surface area is 127 Å². The molecule has 1 aromatic rings. The van der Waals surface area contributed by atoms with E-state index in [4.69, 9.17) is 17.4 Å². The lowest BCUT2D eigenvalue weighted by Crippen LogP contribution is -2.34. The minimum absolute atomic E-state index is 0.000127. The van der Waals surface area contributed by atoms with E-state index in [-0.39, 0.29) is 27.9 Å². The summed E-state index contributed by atoms with van der Waals surface area (Å²) < 4.78 is 0. The maximum atomic E-state index is 12.3. The van der Waals surface area contributed by atoms with Crippen LogP contribution in [-0.2, 0) is 0 Å². The predicted octanol–water partition coefficient (Wildman–Crippen LogP) is 2.41. The molecular weight excluding hydrogens is 296 g/mol. The van der Waals surface area contributed by atoms with Crippen LogP contribution in [0.25, 0.3) is 0 Å². The molecule has 0 spiro atoms. The molecule has 1 saturated carbocycles. The Morgan fingerprint density at radius 3 is 2.71 bits per heavy atom. The van der Waals surface area contributed by atoms with Gasteiger partial charge in [0.05, 0.1) is 9.95 Å². The summed E-state index contributed by atoms with van der Waals surface area (Å²) in [6, 6.07) is 2.59. The summed E-state index contributed by atoms with van der Waals surface area (Å²) in [5, 5.41) is 11.1. The first kappa shape index (κ1) is 15.5. The van der Waals surface area contributed by atoms with Gasteiger partial charge in [0.15, 0.2) is 0 Å².